The van der Waals surface area contributed by atoms with Gasteiger partial charge in [0.2, 0.25) is 0 Å². The Morgan fingerprint density at radius 1 is 0.277 bits per heavy atom. The number of phosphoric ester groups is 2. The molecule has 5 atom stereocenters. The third-order valence-corrected chi connectivity index (χ3v) is 16.4. The van der Waals surface area contributed by atoms with Gasteiger partial charge in [-0.15, -0.1) is 0 Å². The van der Waals surface area contributed by atoms with E-state index in [1.807, 2.05) is 30.4 Å². The SMILES string of the molecule is CC/C=C\C/C=C\C/C=C\C/C=C\C/C=C\C/C=C\CCCCCCCCCCCCC(=O)OCC(O)COP(=O)(O)OCC(O)COP(=O)(O)OCC(COC(=O)CC/C=C\C/C=C\C/C=C\C/C=C\C/C=C\C/C=C\CC)OC(=O)CCC/C=C\C/C=C\C/C=C\C/C=C\C/C=C\CC. The number of aliphatic hydroxyl groups is 2. The standard InChI is InChI=1S/C83H130O16P2/c1-4-7-10-13-16-19-22-25-28-31-33-34-35-36-37-38-39-40-41-42-44-47-48-51-54-57-60-63-66-69-81(86)93-72-78(84)73-95-100(89,90)96-74-79(85)75-97-101(91,92)98-77-80(99-83(88)71-68-65-62-59-56-53-50-45-30-27-24-21-18-15-12-9-6-3)76-94-82(87)70-67-64-61-58-55-52-49-46-43-32-29-26-23-20-17-14-11-8-5-2/h7-12,16-21,25-30,33-34,36-37,39-40,43,46,50,52-53,55,59,61-62,64,78-80,84-85H,4-6,13-15,22-24,31-32,35,38,41-42,44-45,47-49,51,54,56-58,60,63,65-77H2,1-3H3,(H,89,90)(H,91,92)/b10-7-,11-8-,12-9-,19-16-,20-17-,21-18-,28-25-,29-26-,30-27-,34-33-,37-36-,40-39-,46-43-,53-50-,55-52-,62-59-,64-61-. The van der Waals surface area contributed by atoms with Gasteiger partial charge in [0.05, 0.1) is 26.4 Å². The van der Waals surface area contributed by atoms with Crippen molar-refractivity contribution in [2.45, 2.75) is 257 Å². The number of esters is 3. The zero-order chi connectivity index (χ0) is 73.7. The molecule has 101 heavy (non-hydrogen) atoms. The summed E-state index contributed by atoms with van der Waals surface area (Å²) in [5.74, 6) is -1.77. The average Bonchev–Trinajstić information content (AvgIpc) is 1.06. The van der Waals surface area contributed by atoms with Crippen LogP contribution in [0.1, 0.15) is 239 Å². The maximum Gasteiger partial charge on any atom is 0.472 e. The van der Waals surface area contributed by atoms with Crippen molar-refractivity contribution in [3.05, 3.63) is 207 Å². The lowest BCUT2D eigenvalue weighted by Gasteiger charge is -2.21. The van der Waals surface area contributed by atoms with Crippen LogP contribution < -0.4 is 0 Å². The fourth-order valence-corrected chi connectivity index (χ4v) is 10.5. The summed E-state index contributed by atoms with van der Waals surface area (Å²) >= 11 is 0. The Bertz CT molecular complexity index is 2660. The molecule has 0 amide bonds. The lowest BCUT2D eigenvalue weighted by Crippen LogP contribution is -2.30. The van der Waals surface area contributed by atoms with Gasteiger partial charge in [0.15, 0.2) is 6.10 Å². The van der Waals surface area contributed by atoms with Crippen molar-refractivity contribution in [2.75, 3.05) is 39.6 Å². The highest BCUT2D eigenvalue weighted by atomic mass is 31.2. The Labute approximate surface area is 609 Å². The summed E-state index contributed by atoms with van der Waals surface area (Å²) in [6, 6.07) is 0. The van der Waals surface area contributed by atoms with E-state index in [0.29, 0.717) is 32.1 Å². The van der Waals surface area contributed by atoms with Crippen molar-refractivity contribution >= 4 is 33.6 Å². The second-order valence-corrected chi connectivity index (χ2v) is 26.9. The van der Waals surface area contributed by atoms with E-state index in [1.54, 1.807) is 0 Å². The smallest absolute Gasteiger partial charge is 0.463 e. The number of phosphoric acid groups is 2. The Morgan fingerprint density at radius 2 is 0.525 bits per heavy atom. The van der Waals surface area contributed by atoms with Crippen LogP contribution >= 0.6 is 15.6 Å². The molecular weight excluding hydrogens is 1310 g/mol. The molecule has 0 aliphatic rings. The van der Waals surface area contributed by atoms with E-state index in [1.165, 1.54) is 32.1 Å². The van der Waals surface area contributed by atoms with Crippen LogP contribution in [0.5, 0.6) is 0 Å². The van der Waals surface area contributed by atoms with Gasteiger partial charge in [0, 0.05) is 19.3 Å². The van der Waals surface area contributed by atoms with E-state index in [-0.39, 0.29) is 19.3 Å². The summed E-state index contributed by atoms with van der Waals surface area (Å²) in [7, 11) is -9.85. The lowest BCUT2D eigenvalue weighted by molar-refractivity contribution is -0.161. The van der Waals surface area contributed by atoms with Gasteiger partial charge in [-0.3, -0.25) is 32.5 Å². The minimum absolute atomic E-state index is 0.00157. The summed E-state index contributed by atoms with van der Waals surface area (Å²) in [5, 5.41) is 20.6. The van der Waals surface area contributed by atoms with Crippen molar-refractivity contribution < 1.29 is 75.8 Å². The monoisotopic (exact) mass is 1440 g/mol. The predicted molar refractivity (Wildman–Crippen MR) is 417 cm³/mol. The summed E-state index contributed by atoms with van der Waals surface area (Å²) in [5.41, 5.74) is 0. The fraction of sp³-hybridized carbons (Fsp3) is 0.554. The summed E-state index contributed by atoms with van der Waals surface area (Å²) in [4.78, 5) is 58.5. The maximum atomic E-state index is 12.9. The molecule has 0 aromatic carbocycles. The second-order valence-electron chi connectivity index (χ2n) is 23.9. The molecule has 0 aliphatic heterocycles. The predicted octanol–water partition coefficient (Wildman–Crippen LogP) is 21.8. The Kier molecular flexibility index (Phi) is 69.6. The zero-order valence-corrected chi connectivity index (χ0v) is 63.5. The molecule has 0 spiro atoms. The molecule has 0 radical (unpaired) electrons. The van der Waals surface area contributed by atoms with Crippen LogP contribution in [0.15, 0.2) is 207 Å². The van der Waals surface area contributed by atoms with Crippen LogP contribution in [0, 0.1) is 0 Å². The van der Waals surface area contributed by atoms with Crippen molar-refractivity contribution in [2.24, 2.45) is 0 Å². The number of hydrogen-bond acceptors (Lipinski definition) is 14. The van der Waals surface area contributed by atoms with Gasteiger partial charge in [-0.2, -0.15) is 0 Å². The molecule has 0 aromatic heterocycles. The first-order chi connectivity index (χ1) is 49.2. The first kappa shape index (κ1) is 95.1. The molecule has 0 rings (SSSR count). The normalized spacial score (nSPS) is 15.2. The van der Waals surface area contributed by atoms with E-state index < -0.39 is 91.5 Å². The highest BCUT2D eigenvalue weighted by molar-refractivity contribution is 7.47. The molecule has 568 valence electrons. The lowest BCUT2D eigenvalue weighted by atomic mass is 10.1. The van der Waals surface area contributed by atoms with Gasteiger partial charge in [-0.1, -0.05) is 279 Å². The van der Waals surface area contributed by atoms with Crippen LogP contribution in [0.3, 0.4) is 0 Å². The highest BCUT2D eigenvalue weighted by Gasteiger charge is 2.29. The molecule has 0 saturated carbocycles. The number of unbranched alkanes of at least 4 members (excludes halogenated alkanes) is 11. The van der Waals surface area contributed by atoms with Gasteiger partial charge in [-0.05, 0) is 148 Å². The van der Waals surface area contributed by atoms with Gasteiger partial charge < -0.3 is 34.2 Å². The van der Waals surface area contributed by atoms with Crippen LogP contribution in [0.4, 0.5) is 0 Å². The third-order valence-electron chi connectivity index (χ3n) is 14.5. The second kappa shape index (κ2) is 73.9. The van der Waals surface area contributed by atoms with Crippen LogP contribution in [-0.4, -0.2) is 95.9 Å². The number of rotatable bonds is 68. The quantitative estimate of drug-likeness (QED) is 0.0146. The van der Waals surface area contributed by atoms with Crippen molar-refractivity contribution in [1.29, 1.82) is 0 Å². The number of ether oxygens (including phenoxy) is 3. The molecule has 0 heterocycles. The van der Waals surface area contributed by atoms with E-state index >= 15 is 0 Å². The van der Waals surface area contributed by atoms with Gasteiger partial charge >= 0.3 is 33.6 Å². The Balaban J connectivity index is 4.68. The van der Waals surface area contributed by atoms with Crippen molar-refractivity contribution in [3.8, 4) is 0 Å². The first-order valence-corrected chi connectivity index (χ1v) is 40.4. The molecular formula is C83H130O16P2. The Hall–Kier alpha value is -5.87. The number of carbonyl (C=O) groups is 3. The number of carbonyl (C=O) groups excluding carboxylic acids is 3. The minimum atomic E-state index is -4.97. The molecule has 0 aliphatic carbocycles. The summed E-state index contributed by atoms with van der Waals surface area (Å²) < 4.78 is 60.9. The van der Waals surface area contributed by atoms with E-state index in [0.717, 1.165) is 135 Å². The Morgan fingerprint density at radius 3 is 0.871 bits per heavy atom. The van der Waals surface area contributed by atoms with E-state index in [4.69, 9.17) is 32.3 Å². The molecule has 4 N–H and O–H groups in total. The van der Waals surface area contributed by atoms with Crippen molar-refractivity contribution in [1.82, 2.24) is 0 Å². The minimum Gasteiger partial charge on any atom is -0.463 e. The molecule has 0 bridgehead atoms. The molecule has 0 saturated heterocycles. The highest BCUT2D eigenvalue weighted by Crippen LogP contribution is 2.45. The molecule has 0 fully saturated rings. The molecule has 16 nitrogen and oxygen atoms in total. The number of allylic oxidation sites excluding steroid dienone is 34. The van der Waals surface area contributed by atoms with Crippen LogP contribution in [-0.2, 0) is 55.8 Å². The molecule has 5 unspecified atom stereocenters. The first-order valence-electron chi connectivity index (χ1n) is 37.4. The van der Waals surface area contributed by atoms with E-state index in [2.05, 4.69) is 197 Å². The molecule has 0 aromatic rings. The number of hydrogen-bond donors (Lipinski definition) is 4. The van der Waals surface area contributed by atoms with Crippen LogP contribution in [0.2, 0.25) is 0 Å². The van der Waals surface area contributed by atoms with E-state index in [9.17, 15) is 43.5 Å². The topological polar surface area (TPSA) is 231 Å². The van der Waals surface area contributed by atoms with Gasteiger partial charge in [0.1, 0.15) is 25.4 Å². The zero-order valence-electron chi connectivity index (χ0n) is 61.7. The maximum absolute atomic E-state index is 12.9. The fourth-order valence-electron chi connectivity index (χ4n) is 8.93. The summed E-state index contributed by atoms with van der Waals surface area (Å²) in [6.45, 7) is 2.13. The van der Waals surface area contributed by atoms with Crippen molar-refractivity contribution in [3.63, 3.8) is 0 Å². The average molecular weight is 1450 g/mol. The number of aliphatic hydroxyl groups excluding tert-OH is 2. The molecule has 18 heteroatoms. The summed E-state index contributed by atoms with van der Waals surface area (Å²) in [6.07, 6.45) is 97.6. The van der Waals surface area contributed by atoms with Crippen LogP contribution in [0.25, 0.3) is 0 Å². The van der Waals surface area contributed by atoms with Gasteiger partial charge in [0.25, 0.3) is 0 Å². The largest absolute Gasteiger partial charge is 0.472 e. The van der Waals surface area contributed by atoms with Gasteiger partial charge in [-0.25, -0.2) is 9.13 Å². The third kappa shape index (κ3) is 75.1.